The van der Waals surface area contributed by atoms with Gasteiger partial charge >= 0.3 is 12.1 Å². The molecule has 6 bridgehead atoms. The molecule has 0 saturated carbocycles. The molecule has 1 unspecified atom stereocenters. The Morgan fingerprint density at radius 3 is 2.89 bits per heavy atom. The third kappa shape index (κ3) is 4.88. The molecule has 2 aromatic heterocycles. The van der Waals surface area contributed by atoms with Gasteiger partial charge in [-0.25, -0.2) is 18.0 Å². The maximum absolute atomic E-state index is 16.9. The van der Waals surface area contributed by atoms with E-state index in [9.17, 15) is 9.18 Å². The lowest BCUT2D eigenvalue weighted by molar-refractivity contribution is 0.107. The van der Waals surface area contributed by atoms with Crippen molar-refractivity contribution in [3.05, 3.63) is 53.7 Å². The van der Waals surface area contributed by atoms with Crippen molar-refractivity contribution in [1.82, 2.24) is 25.2 Å². The van der Waals surface area contributed by atoms with Crippen LogP contribution >= 0.6 is 0 Å². The lowest BCUT2D eigenvalue weighted by atomic mass is 9.91. The SMILES string of the molecule is CC12CCCN(C1)c1nc(OC[C@@]34CCCN3C[C@H](F)C4)nc3c(F)c(ncc13)-c1cccc3ccc(F)c(c13)CCOC(=O)N2. The number of hydrogen-bond donors (Lipinski definition) is 1. The van der Waals surface area contributed by atoms with Crippen LogP contribution in [0.2, 0.25) is 0 Å². The van der Waals surface area contributed by atoms with E-state index in [4.69, 9.17) is 14.5 Å². The van der Waals surface area contributed by atoms with Crippen molar-refractivity contribution < 1.29 is 27.4 Å². The van der Waals surface area contributed by atoms with Crippen molar-refractivity contribution in [1.29, 1.82) is 0 Å². The lowest BCUT2D eigenvalue weighted by Crippen LogP contribution is -2.57. The number of pyridine rings is 1. The highest BCUT2D eigenvalue weighted by Gasteiger charge is 2.49. The van der Waals surface area contributed by atoms with E-state index < -0.39 is 35.0 Å². The van der Waals surface area contributed by atoms with Gasteiger partial charge < -0.3 is 19.7 Å². The Kier molecular flexibility index (Phi) is 6.97. The number of rotatable bonds is 3. The van der Waals surface area contributed by atoms with Crippen LogP contribution in [0.1, 0.15) is 44.6 Å². The quantitative estimate of drug-likeness (QED) is 0.307. The first-order valence-electron chi connectivity index (χ1n) is 16.0. The van der Waals surface area contributed by atoms with E-state index in [1.54, 1.807) is 24.4 Å². The Morgan fingerprint density at radius 1 is 1.13 bits per heavy atom. The number of ether oxygens (including phenoxy) is 2. The first kappa shape index (κ1) is 29.2. The molecule has 1 amide bonds. The van der Waals surface area contributed by atoms with Crippen LogP contribution in [0.3, 0.4) is 0 Å². The normalized spacial score (nSPS) is 26.5. The fourth-order valence-electron chi connectivity index (χ4n) is 8.08. The number of amides is 1. The summed E-state index contributed by atoms with van der Waals surface area (Å²) in [5, 5.41) is 4.59. The van der Waals surface area contributed by atoms with Gasteiger partial charge in [0.2, 0.25) is 0 Å². The second kappa shape index (κ2) is 11.0. The largest absolute Gasteiger partial charge is 0.461 e. The Hall–Kier alpha value is -4.19. The molecule has 0 spiro atoms. The summed E-state index contributed by atoms with van der Waals surface area (Å²) in [6.07, 6.45) is 3.70. The monoisotopic (exact) mass is 632 g/mol. The summed E-state index contributed by atoms with van der Waals surface area (Å²) >= 11 is 0. The van der Waals surface area contributed by atoms with Gasteiger partial charge in [0, 0.05) is 44.2 Å². The minimum atomic E-state index is -0.921. The standard InChI is InChI=1S/C34H35F3N6O3/c1-33-10-3-12-42(18-33)30-24-16-38-28(23-6-2-5-20-7-8-25(36)22(26(20)23)9-14-45-32(44)41-33)27(37)29(24)39-31(40-30)46-19-34-11-4-13-43(34)17-21(35)15-34/h2,5-8,16,21H,3-4,9-15,17-19H2,1H3,(H,41,44)/t21-,33?,34+/m1/s1. The van der Waals surface area contributed by atoms with Gasteiger partial charge in [-0.1, -0.05) is 24.3 Å². The molecule has 3 fully saturated rings. The summed E-state index contributed by atoms with van der Waals surface area (Å²) in [7, 11) is 0. The molecule has 4 aromatic rings. The highest BCUT2D eigenvalue weighted by atomic mass is 19.1. The summed E-state index contributed by atoms with van der Waals surface area (Å²) in [5.41, 5.74) is -0.368. The van der Waals surface area contributed by atoms with Gasteiger partial charge in [0.15, 0.2) is 5.82 Å². The number of fused-ring (bicyclic) bond motifs is 6. The number of anilines is 1. The molecule has 9 rings (SSSR count). The van der Waals surface area contributed by atoms with Gasteiger partial charge in [-0.3, -0.25) is 9.88 Å². The number of aromatic nitrogens is 3. The van der Waals surface area contributed by atoms with Gasteiger partial charge in [0.1, 0.15) is 35.6 Å². The summed E-state index contributed by atoms with van der Waals surface area (Å²) in [5.74, 6) is -0.717. The van der Waals surface area contributed by atoms with Crippen LogP contribution in [0.5, 0.6) is 6.01 Å². The van der Waals surface area contributed by atoms with Crippen LogP contribution in [0.4, 0.5) is 23.8 Å². The molecule has 7 heterocycles. The van der Waals surface area contributed by atoms with E-state index in [0.29, 0.717) is 65.6 Å². The summed E-state index contributed by atoms with van der Waals surface area (Å²) in [6.45, 7) is 4.23. The Labute approximate surface area is 264 Å². The molecule has 1 N–H and O–H groups in total. The second-order valence-corrected chi connectivity index (χ2v) is 13.4. The Morgan fingerprint density at radius 2 is 2.00 bits per heavy atom. The minimum Gasteiger partial charge on any atom is -0.461 e. The van der Waals surface area contributed by atoms with Crippen LogP contribution < -0.4 is 15.0 Å². The average Bonchev–Trinajstić information content (AvgIpc) is 3.56. The summed E-state index contributed by atoms with van der Waals surface area (Å²) in [4.78, 5) is 31.1. The number of carbonyl (C=O) groups is 1. The number of piperidine rings is 1. The number of benzene rings is 2. The maximum atomic E-state index is 16.9. The highest BCUT2D eigenvalue weighted by Crippen LogP contribution is 2.41. The molecule has 5 aliphatic rings. The first-order chi connectivity index (χ1) is 22.2. The molecule has 3 saturated heterocycles. The number of alkyl carbamates (subject to hydrolysis) is 1. The van der Waals surface area contributed by atoms with Crippen molar-refractivity contribution >= 4 is 33.6 Å². The fourth-order valence-corrected chi connectivity index (χ4v) is 8.08. The van der Waals surface area contributed by atoms with E-state index in [-0.39, 0.29) is 36.9 Å². The molecule has 5 aliphatic heterocycles. The molecule has 9 nitrogen and oxygen atoms in total. The van der Waals surface area contributed by atoms with E-state index in [2.05, 4.69) is 20.2 Å². The van der Waals surface area contributed by atoms with Crippen molar-refractivity contribution in [2.24, 2.45) is 0 Å². The number of alkyl halides is 1. The van der Waals surface area contributed by atoms with Crippen molar-refractivity contribution in [3.8, 4) is 17.3 Å². The average molecular weight is 633 g/mol. The van der Waals surface area contributed by atoms with Crippen molar-refractivity contribution in [2.45, 2.75) is 62.7 Å². The van der Waals surface area contributed by atoms with Crippen molar-refractivity contribution in [2.75, 3.05) is 44.3 Å². The number of hydrogen-bond acceptors (Lipinski definition) is 8. The third-order valence-electron chi connectivity index (χ3n) is 10.2. The van der Waals surface area contributed by atoms with Gasteiger partial charge in [0.25, 0.3) is 0 Å². The van der Waals surface area contributed by atoms with E-state index in [0.717, 1.165) is 25.8 Å². The highest BCUT2D eigenvalue weighted by molar-refractivity contribution is 6.01. The van der Waals surface area contributed by atoms with Gasteiger partial charge in [-0.2, -0.15) is 9.97 Å². The molecule has 2 aromatic carbocycles. The maximum Gasteiger partial charge on any atom is 0.407 e. The molecular formula is C34H35F3N6O3. The molecule has 0 radical (unpaired) electrons. The molecule has 3 atom stereocenters. The van der Waals surface area contributed by atoms with Crippen LogP contribution in [-0.2, 0) is 11.2 Å². The van der Waals surface area contributed by atoms with E-state index in [1.165, 1.54) is 6.07 Å². The zero-order valence-corrected chi connectivity index (χ0v) is 25.6. The zero-order valence-electron chi connectivity index (χ0n) is 25.6. The third-order valence-corrected chi connectivity index (χ3v) is 10.2. The molecule has 0 aliphatic carbocycles. The summed E-state index contributed by atoms with van der Waals surface area (Å²) < 4.78 is 58.5. The van der Waals surface area contributed by atoms with Crippen LogP contribution in [0.15, 0.2) is 36.5 Å². The van der Waals surface area contributed by atoms with Crippen LogP contribution in [0, 0.1) is 11.6 Å². The predicted molar refractivity (Wildman–Crippen MR) is 167 cm³/mol. The smallest absolute Gasteiger partial charge is 0.407 e. The van der Waals surface area contributed by atoms with E-state index >= 15 is 8.78 Å². The molecule has 12 heteroatoms. The number of carbonyl (C=O) groups excluding carboxylic acids is 1. The van der Waals surface area contributed by atoms with Crippen LogP contribution in [0.25, 0.3) is 32.9 Å². The molecule has 240 valence electrons. The van der Waals surface area contributed by atoms with Gasteiger partial charge in [-0.05, 0) is 61.6 Å². The zero-order chi connectivity index (χ0) is 31.6. The number of nitrogens with zero attached hydrogens (tertiary/aromatic N) is 5. The number of halogens is 3. The first-order valence-corrected chi connectivity index (χ1v) is 16.0. The minimum absolute atomic E-state index is 0.00695. The topological polar surface area (TPSA) is 92.7 Å². The predicted octanol–water partition coefficient (Wildman–Crippen LogP) is 5.72. The lowest BCUT2D eigenvalue weighted by Gasteiger charge is -2.41. The van der Waals surface area contributed by atoms with Gasteiger partial charge in [-0.15, -0.1) is 0 Å². The van der Waals surface area contributed by atoms with E-state index in [1.807, 2.05) is 17.9 Å². The fraction of sp³-hybridized carbons (Fsp3) is 0.471. The Balaban J connectivity index is 1.31. The van der Waals surface area contributed by atoms with Gasteiger partial charge in [0.05, 0.1) is 23.1 Å². The molecular weight excluding hydrogens is 597 g/mol. The molecule has 46 heavy (non-hydrogen) atoms. The number of nitrogens with one attached hydrogen (secondary N) is 1. The summed E-state index contributed by atoms with van der Waals surface area (Å²) in [6, 6.07) is 8.30. The second-order valence-electron chi connectivity index (χ2n) is 13.4. The van der Waals surface area contributed by atoms with Crippen molar-refractivity contribution in [3.63, 3.8) is 0 Å². The Bertz CT molecular complexity index is 1880. The van der Waals surface area contributed by atoms with Crippen LogP contribution in [-0.4, -0.2) is 82.6 Å².